The molecule has 0 saturated heterocycles. The molecular formula is C96H142N4O10. The van der Waals surface area contributed by atoms with Crippen molar-refractivity contribution < 1.29 is 47.8 Å². The number of carbonyl (C=O) groups excluding carboxylic acids is 7. The fourth-order valence-electron chi connectivity index (χ4n) is 30.6. The summed E-state index contributed by atoms with van der Waals surface area (Å²) in [5.41, 5.74) is 1.87. The van der Waals surface area contributed by atoms with Crippen LogP contribution < -0.4 is 10.6 Å². The molecule has 0 heterocycles. The minimum atomic E-state index is -0.258. The highest BCUT2D eigenvalue weighted by Gasteiger charge is 2.60. The van der Waals surface area contributed by atoms with Gasteiger partial charge in [0.25, 0.3) is 0 Å². The van der Waals surface area contributed by atoms with E-state index < -0.39 is 0 Å². The summed E-state index contributed by atoms with van der Waals surface area (Å²) in [6.07, 6.45) is 54.4. The monoisotopic (exact) mass is 1510 g/mol. The van der Waals surface area contributed by atoms with Gasteiger partial charge in [0.1, 0.15) is 18.3 Å². The number of amides is 4. The predicted octanol–water partition coefficient (Wildman–Crippen LogP) is 18.5. The summed E-state index contributed by atoms with van der Waals surface area (Å²) < 4.78 is 16.3. The van der Waals surface area contributed by atoms with Gasteiger partial charge >= 0.3 is 17.9 Å². The van der Waals surface area contributed by atoms with Crippen molar-refractivity contribution in [2.24, 2.45) is 154 Å². The maximum atomic E-state index is 12.3. The Morgan fingerprint density at radius 3 is 1.20 bits per heavy atom. The summed E-state index contributed by atoms with van der Waals surface area (Å²) in [5, 5.41) is 6.30. The van der Waals surface area contributed by atoms with Gasteiger partial charge in [0.05, 0.1) is 0 Å². The van der Waals surface area contributed by atoms with Crippen LogP contribution in [0.4, 0.5) is 0 Å². The number of nitrogens with zero attached hydrogens (tertiary/aromatic N) is 2. The smallest absolute Gasteiger partial charge is 0.333 e. The summed E-state index contributed by atoms with van der Waals surface area (Å²) in [6.45, 7) is 33.5. The lowest BCUT2D eigenvalue weighted by Crippen LogP contribution is -2.46. The molecule has 110 heavy (non-hydrogen) atoms. The van der Waals surface area contributed by atoms with E-state index in [1.165, 1.54) is 230 Å². The second kappa shape index (κ2) is 35.3. The van der Waals surface area contributed by atoms with E-state index in [1.54, 1.807) is 13.8 Å². The maximum absolute atomic E-state index is 12.3. The van der Waals surface area contributed by atoms with E-state index in [4.69, 9.17) is 14.2 Å². The molecule has 0 aromatic heterocycles. The Morgan fingerprint density at radius 1 is 0.355 bits per heavy atom. The van der Waals surface area contributed by atoms with Gasteiger partial charge < -0.3 is 34.6 Å². The molecule has 0 radical (unpaired) electrons. The predicted molar refractivity (Wildman–Crippen MR) is 433 cm³/mol. The lowest BCUT2D eigenvalue weighted by atomic mass is 9.78. The van der Waals surface area contributed by atoms with Crippen LogP contribution in [0.1, 0.15) is 259 Å². The largest absolute Gasteiger partial charge is 0.459 e. The molecule has 20 fully saturated rings. The molecule has 4 amide bonds. The Morgan fingerprint density at radius 2 is 0.745 bits per heavy atom. The van der Waals surface area contributed by atoms with Crippen LogP contribution in [0.2, 0.25) is 0 Å². The SMILES string of the molecule is C=C(C)C(=O)N(CC)C1CC2CC1C1CCCC21.C=C(C)C(=O)NC1CC2CC1C1CCCC21.C=C(C)C(=O)OC1CC2CC1C1CCCC21.C=CC(=O)N(C)C1CC2CC1C1CCCC21.C=CC(=O)NC1CC2CC1C1CCCC21.C=CC(=O)OC1CC2CC1C1CCCC21.C=CC(=O)OC1CCC2CCCC2C1. The molecule has 33 atom stereocenters. The molecule has 20 aliphatic carbocycles. The zero-order valence-electron chi connectivity index (χ0n) is 68.5. The van der Waals surface area contributed by atoms with Crippen molar-refractivity contribution in [3.05, 3.63) is 87.1 Å². The highest BCUT2D eigenvalue weighted by molar-refractivity contribution is 5.93. The van der Waals surface area contributed by atoms with Crippen LogP contribution >= 0.6 is 0 Å². The summed E-state index contributed by atoms with van der Waals surface area (Å²) in [6, 6.07) is 1.94. The van der Waals surface area contributed by atoms with Crippen LogP contribution in [-0.2, 0) is 47.8 Å². The maximum Gasteiger partial charge on any atom is 0.333 e. The van der Waals surface area contributed by atoms with Gasteiger partial charge in [-0.05, 0) is 367 Å². The number of carbonyl (C=O) groups is 7. The number of ether oxygens (including phenoxy) is 3. The molecule has 0 aromatic carbocycles. The molecule has 12 bridgehead atoms. The first-order valence-electron chi connectivity index (χ1n) is 45.3. The number of fused-ring (bicyclic) bond motifs is 31. The van der Waals surface area contributed by atoms with Gasteiger partial charge in [-0.25, -0.2) is 14.4 Å². The Bertz CT molecular complexity index is 3300. The number of esters is 3. The average molecular weight is 1510 g/mol. The Labute approximate surface area is 662 Å². The Balaban J connectivity index is 0.000000107. The van der Waals surface area contributed by atoms with Crippen LogP contribution in [0.3, 0.4) is 0 Å². The van der Waals surface area contributed by atoms with Crippen LogP contribution in [0.5, 0.6) is 0 Å². The lowest BCUT2D eigenvalue weighted by molar-refractivity contribution is -0.148. The fraction of sp³-hybridized carbons (Fsp3) is 0.781. The highest BCUT2D eigenvalue weighted by Crippen LogP contribution is 2.65. The number of hydrogen-bond donors (Lipinski definition) is 2. The van der Waals surface area contributed by atoms with Gasteiger partial charge in [0, 0.05) is 66.6 Å². The Hall–Kier alpha value is -5.53. The standard InChI is InChI=1S/C16H25NO.2C14H21NO.C14H20O2.C13H19NO.C13H18O2.C12H18O2/c1-4-17(16(18)10(2)3)15-9-11-8-14(15)13-7-5-6-12(11)13;1-8(2)14(16)15-13-7-9-6-12(13)11-5-3-4-10(9)11;1-3-14(16)15(2)13-8-9-7-12(13)11-6-4-5-10(9)11;1-8(2)14(15)16-13-7-9-6-12(13)11-5-3-4-10(9)11;1-2-13(15)14-12-7-8-6-11(12)10-5-3-4-9(8)10;1-2-13(14)15-12-7-8-6-11(12)10-5-3-4-9(8)10;1-2-12(13)14-11-7-6-9-4-3-5-10(9)8-11/h11-15H,2,4-9H2,1,3H3;9-13H,1,3-7H2,2H3,(H,15,16);3,9-13H,1,4-8H2,2H3;9-13H,1,3-7H2,2H3;2,8-12H,1,3-7H2,(H,14,15);2,8-12H,1,3-7H2;2,9-11H,1,3-8H2. The average Bonchev–Trinajstić information content (AvgIpc) is 1.69. The van der Waals surface area contributed by atoms with Gasteiger partial charge in [-0.2, -0.15) is 0 Å². The van der Waals surface area contributed by atoms with Crippen LogP contribution in [0, 0.1) is 154 Å². The normalized spacial score (nSPS) is 43.4. The number of hydrogen-bond acceptors (Lipinski definition) is 10. The molecule has 20 saturated carbocycles. The third-order valence-electron chi connectivity index (χ3n) is 34.7. The highest BCUT2D eigenvalue weighted by atomic mass is 16.6. The first-order chi connectivity index (χ1) is 53.1. The van der Waals surface area contributed by atoms with Gasteiger partial charge in [0.15, 0.2) is 0 Å². The number of likely N-dealkylation sites (N-methyl/N-ethyl adjacent to an activating group) is 2. The molecule has 0 aromatic rings. The Kier molecular flexibility index (Phi) is 26.0. The van der Waals surface area contributed by atoms with Crippen molar-refractivity contribution in [1.29, 1.82) is 0 Å². The first kappa shape index (κ1) is 81.1. The second-order valence-corrected chi connectivity index (χ2v) is 39.7. The topological polar surface area (TPSA) is 178 Å². The zero-order valence-corrected chi connectivity index (χ0v) is 68.5. The van der Waals surface area contributed by atoms with Crippen molar-refractivity contribution in [3.63, 3.8) is 0 Å². The molecule has 33 unspecified atom stereocenters. The number of nitrogens with one attached hydrogen (secondary N) is 2. The van der Waals surface area contributed by atoms with Gasteiger partial charge in [0.2, 0.25) is 23.6 Å². The van der Waals surface area contributed by atoms with Crippen molar-refractivity contribution in [3.8, 4) is 0 Å². The van der Waals surface area contributed by atoms with E-state index in [-0.39, 0.29) is 59.8 Å². The zero-order chi connectivity index (χ0) is 77.5. The summed E-state index contributed by atoms with van der Waals surface area (Å²) >= 11 is 0. The van der Waals surface area contributed by atoms with E-state index >= 15 is 0 Å². The molecule has 2 N–H and O–H groups in total. The van der Waals surface area contributed by atoms with Crippen LogP contribution in [-0.4, -0.2) is 107 Å². The van der Waals surface area contributed by atoms with E-state index in [9.17, 15) is 33.6 Å². The van der Waals surface area contributed by atoms with Gasteiger partial charge in [-0.3, -0.25) is 19.2 Å². The third-order valence-corrected chi connectivity index (χ3v) is 34.7. The van der Waals surface area contributed by atoms with E-state index in [0.29, 0.717) is 52.7 Å². The van der Waals surface area contributed by atoms with Gasteiger partial charge in [-0.1, -0.05) is 104 Å². The van der Waals surface area contributed by atoms with E-state index in [2.05, 4.69) is 68.5 Å². The minimum absolute atomic E-state index is 0.0158. The van der Waals surface area contributed by atoms with E-state index in [0.717, 1.165) is 174 Å². The summed E-state index contributed by atoms with van der Waals surface area (Å²) in [5.74, 6) is 22.7. The fourth-order valence-corrected chi connectivity index (χ4v) is 30.6. The molecule has 606 valence electrons. The second-order valence-electron chi connectivity index (χ2n) is 39.7. The van der Waals surface area contributed by atoms with Crippen LogP contribution in [0.25, 0.3) is 0 Å². The van der Waals surface area contributed by atoms with Crippen LogP contribution in [0.15, 0.2) is 87.1 Å². The molecule has 20 rings (SSSR count). The number of rotatable bonds is 15. The van der Waals surface area contributed by atoms with E-state index in [1.807, 2.05) is 18.9 Å². The molecular weight excluding hydrogens is 1370 g/mol. The molecule has 0 aliphatic heterocycles. The first-order valence-corrected chi connectivity index (χ1v) is 45.3. The molecule has 0 spiro atoms. The third kappa shape index (κ3) is 16.7. The molecule has 20 aliphatic rings. The minimum Gasteiger partial charge on any atom is -0.459 e. The summed E-state index contributed by atoms with van der Waals surface area (Å²) in [4.78, 5) is 84.7. The van der Waals surface area contributed by atoms with Crippen molar-refractivity contribution in [1.82, 2.24) is 20.4 Å². The van der Waals surface area contributed by atoms with Crippen molar-refractivity contribution in [2.75, 3.05) is 13.6 Å². The summed E-state index contributed by atoms with van der Waals surface area (Å²) in [7, 11) is 1.96. The quantitative estimate of drug-likeness (QED) is 0.0911. The van der Waals surface area contributed by atoms with Gasteiger partial charge in [-0.15, -0.1) is 0 Å². The molecule has 14 nitrogen and oxygen atoms in total. The van der Waals surface area contributed by atoms with Crippen molar-refractivity contribution in [2.45, 2.75) is 301 Å². The van der Waals surface area contributed by atoms with Crippen molar-refractivity contribution >= 4 is 41.5 Å². The molecule has 14 heteroatoms. The lowest BCUT2D eigenvalue weighted by Gasteiger charge is -2.39.